The summed E-state index contributed by atoms with van der Waals surface area (Å²) in [6.45, 7) is 4.57. The van der Waals surface area contributed by atoms with Crippen LogP contribution >= 0.6 is 22.9 Å². The molecule has 2 heterocycles. The van der Waals surface area contributed by atoms with Crippen LogP contribution in [0, 0.1) is 11.6 Å². The van der Waals surface area contributed by atoms with Gasteiger partial charge < -0.3 is 9.64 Å². The molecule has 0 saturated carbocycles. The molecule has 0 unspecified atom stereocenters. The second-order valence-corrected chi connectivity index (χ2v) is 8.68. The highest BCUT2D eigenvalue weighted by Crippen LogP contribution is 2.33. The Morgan fingerprint density at radius 1 is 0.967 bits per heavy atom. The van der Waals surface area contributed by atoms with Gasteiger partial charge in [-0.2, -0.15) is 0 Å². The standard InChI is InChI=1S/C23H23ClF2N2OS/c24-20-16-18(26)5-8-21(20)29-22(23-2-1-15-30-23)9-10-27-11-13-28(14-12-27)19-6-3-17(25)4-7-19/h1-8,15-16,22H,9-14H2/t22-/m1/s1. The molecular weight excluding hydrogens is 426 g/mol. The predicted octanol–water partition coefficient (Wildman–Crippen LogP) is 6.01. The van der Waals surface area contributed by atoms with Crippen LogP contribution in [0.25, 0.3) is 0 Å². The molecule has 158 valence electrons. The Labute approximate surface area is 184 Å². The van der Waals surface area contributed by atoms with Crippen LogP contribution < -0.4 is 9.64 Å². The average molecular weight is 449 g/mol. The molecule has 0 radical (unpaired) electrons. The second kappa shape index (κ2) is 9.77. The zero-order chi connectivity index (χ0) is 20.9. The number of nitrogens with zero attached hydrogens (tertiary/aromatic N) is 2. The topological polar surface area (TPSA) is 15.7 Å². The van der Waals surface area contributed by atoms with Crippen molar-refractivity contribution in [1.29, 1.82) is 0 Å². The van der Waals surface area contributed by atoms with E-state index in [2.05, 4.69) is 15.9 Å². The first-order valence-electron chi connectivity index (χ1n) is 9.96. The van der Waals surface area contributed by atoms with Crippen molar-refractivity contribution in [1.82, 2.24) is 4.90 Å². The van der Waals surface area contributed by atoms with E-state index in [1.165, 1.54) is 24.3 Å². The van der Waals surface area contributed by atoms with E-state index in [0.29, 0.717) is 5.75 Å². The molecule has 1 fully saturated rings. The van der Waals surface area contributed by atoms with Gasteiger partial charge in [0.1, 0.15) is 23.5 Å². The quantitative estimate of drug-likeness (QED) is 0.440. The molecule has 7 heteroatoms. The first-order valence-corrected chi connectivity index (χ1v) is 11.2. The Bertz CT molecular complexity index is 944. The number of hydrogen-bond acceptors (Lipinski definition) is 4. The predicted molar refractivity (Wildman–Crippen MR) is 119 cm³/mol. The van der Waals surface area contributed by atoms with E-state index in [4.69, 9.17) is 16.3 Å². The molecule has 0 aliphatic carbocycles. The van der Waals surface area contributed by atoms with Crippen molar-refractivity contribution < 1.29 is 13.5 Å². The summed E-state index contributed by atoms with van der Waals surface area (Å²) in [5.74, 6) is -0.0880. The van der Waals surface area contributed by atoms with E-state index in [0.717, 1.165) is 49.7 Å². The number of halogens is 3. The Balaban J connectivity index is 1.34. The molecule has 1 saturated heterocycles. The Hall–Kier alpha value is -2.15. The van der Waals surface area contributed by atoms with Crippen molar-refractivity contribution in [2.45, 2.75) is 12.5 Å². The van der Waals surface area contributed by atoms with Crippen molar-refractivity contribution in [2.75, 3.05) is 37.6 Å². The van der Waals surface area contributed by atoms with Crippen molar-refractivity contribution in [3.05, 3.63) is 81.5 Å². The number of thiophene rings is 1. The van der Waals surface area contributed by atoms with Crippen LogP contribution in [0.15, 0.2) is 60.0 Å². The molecule has 0 spiro atoms. The smallest absolute Gasteiger partial charge is 0.139 e. The molecule has 4 rings (SSSR count). The molecule has 0 N–H and O–H groups in total. The van der Waals surface area contributed by atoms with Crippen LogP contribution in [-0.4, -0.2) is 37.6 Å². The zero-order valence-electron chi connectivity index (χ0n) is 16.4. The van der Waals surface area contributed by atoms with Crippen LogP contribution in [-0.2, 0) is 0 Å². The summed E-state index contributed by atoms with van der Waals surface area (Å²) in [7, 11) is 0. The molecule has 1 aromatic heterocycles. The first kappa shape index (κ1) is 21.1. The van der Waals surface area contributed by atoms with E-state index >= 15 is 0 Å². The van der Waals surface area contributed by atoms with Crippen LogP contribution in [0.2, 0.25) is 5.02 Å². The van der Waals surface area contributed by atoms with Gasteiger partial charge in [-0.3, -0.25) is 4.90 Å². The largest absolute Gasteiger partial charge is 0.483 e. The third-order valence-corrected chi connectivity index (χ3v) is 6.55. The molecule has 2 aromatic carbocycles. The molecule has 30 heavy (non-hydrogen) atoms. The van der Waals surface area contributed by atoms with Gasteiger partial charge in [-0.1, -0.05) is 17.7 Å². The van der Waals surface area contributed by atoms with Gasteiger partial charge in [-0.25, -0.2) is 8.78 Å². The van der Waals surface area contributed by atoms with E-state index < -0.39 is 0 Å². The molecule has 3 aromatic rings. The lowest BCUT2D eigenvalue weighted by Gasteiger charge is -2.36. The highest BCUT2D eigenvalue weighted by atomic mass is 35.5. The second-order valence-electron chi connectivity index (χ2n) is 7.29. The summed E-state index contributed by atoms with van der Waals surface area (Å²) >= 11 is 7.81. The highest BCUT2D eigenvalue weighted by Gasteiger charge is 2.21. The lowest BCUT2D eigenvalue weighted by Crippen LogP contribution is -2.46. The van der Waals surface area contributed by atoms with E-state index in [-0.39, 0.29) is 22.8 Å². The number of hydrogen-bond donors (Lipinski definition) is 0. The maximum atomic E-state index is 13.4. The van der Waals surface area contributed by atoms with Gasteiger partial charge in [-0.05, 0) is 53.9 Å². The molecule has 1 aliphatic heterocycles. The van der Waals surface area contributed by atoms with Crippen LogP contribution in [0.1, 0.15) is 17.4 Å². The van der Waals surface area contributed by atoms with Gasteiger partial charge in [0.05, 0.1) is 5.02 Å². The summed E-state index contributed by atoms with van der Waals surface area (Å²) in [6.07, 6.45) is 0.674. The molecule has 1 aliphatic rings. The van der Waals surface area contributed by atoms with Crippen molar-refractivity contribution in [2.24, 2.45) is 0 Å². The van der Waals surface area contributed by atoms with E-state index in [1.807, 2.05) is 23.6 Å². The first-order chi connectivity index (χ1) is 14.6. The fraction of sp³-hybridized carbons (Fsp3) is 0.304. The minimum Gasteiger partial charge on any atom is -0.483 e. The number of ether oxygens (including phenoxy) is 1. The number of piperazine rings is 1. The fourth-order valence-electron chi connectivity index (χ4n) is 3.64. The molecule has 1 atom stereocenters. The Morgan fingerprint density at radius 2 is 1.70 bits per heavy atom. The Morgan fingerprint density at radius 3 is 2.37 bits per heavy atom. The normalized spacial score (nSPS) is 15.9. The lowest BCUT2D eigenvalue weighted by atomic mass is 10.1. The minimum atomic E-state index is -0.376. The summed E-state index contributed by atoms with van der Waals surface area (Å²) in [5.41, 5.74) is 1.06. The number of anilines is 1. The maximum Gasteiger partial charge on any atom is 0.139 e. The Kier molecular flexibility index (Phi) is 6.87. The average Bonchev–Trinajstić information content (AvgIpc) is 3.28. The summed E-state index contributed by atoms with van der Waals surface area (Å²) in [5, 5.41) is 2.31. The van der Waals surface area contributed by atoms with Crippen LogP contribution in [0.5, 0.6) is 5.75 Å². The monoisotopic (exact) mass is 448 g/mol. The summed E-state index contributed by atoms with van der Waals surface area (Å²) < 4.78 is 32.7. The number of rotatable bonds is 7. The van der Waals surface area contributed by atoms with Crippen molar-refractivity contribution >= 4 is 28.6 Å². The molecular formula is C23H23ClF2N2OS. The van der Waals surface area contributed by atoms with E-state index in [9.17, 15) is 8.78 Å². The summed E-state index contributed by atoms with van der Waals surface area (Å²) in [6, 6.07) is 15.0. The molecule has 0 bridgehead atoms. The van der Waals surface area contributed by atoms with Crippen molar-refractivity contribution in [3.63, 3.8) is 0 Å². The van der Waals surface area contributed by atoms with Gasteiger partial charge in [0.15, 0.2) is 0 Å². The third kappa shape index (κ3) is 5.31. The fourth-order valence-corrected chi connectivity index (χ4v) is 4.64. The van der Waals surface area contributed by atoms with Gasteiger partial charge in [0.2, 0.25) is 0 Å². The SMILES string of the molecule is Fc1ccc(N2CCN(CC[C@@H](Oc3ccc(F)cc3Cl)c3cccs3)CC2)cc1. The molecule has 0 amide bonds. The van der Waals surface area contributed by atoms with Crippen LogP contribution in [0.3, 0.4) is 0 Å². The summed E-state index contributed by atoms with van der Waals surface area (Å²) in [4.78, 5) is 5.82. The van der Waals surface area contributed by atoms with Gasteiger partial charge in [0, 0.05) is 49.7 Å². The van der Waals surface area contributed by atoms with Gasteiger partial charge in [0.25, 0.3) is 0 Å². The van der Waals surface area contributed by atoms with Crippen molar-refractivity contribution in [3.8, 4) is 5.75 Å². The third-order valence-electron chi connectivity index (χ3n) is 5.30. The number of benzene rings is 2. The highest BCUT2D eigenvalue weighted by molar-refractivity contribution is 7.10. The van der Waals surface area contributed by atoms with Gasteiger partial charge >= 0.3 is 0 Å². The van der Waals surface area contributed by atoms with E-state index in [1.54, 1.807) is 17.4 Å². The lowest BCUT2D eigenvalue weighted by molar-refractivity contribution is 0.163. The zero-order valence-corrected chi connectivity index (χ0v) is 18.0. The minimum absolute atomic E-state index is 0.136. The van der Waals surface area contributed by atoms with Gasteiger partial charge in [-0.15, -0.1) is 11.3 Å². The molecule has 3 nitrogen and oxygen atoms in total. The maximum absolute atomic E-state index is 13.4. The van der Waals surface area contributed by atoms with Crippen LogP contribution in [0.4, 0.5) is 14.5 Å².